The molecule has 0 aliphatic carbocycles. The van der Waals surface area contributed by atoms with Gasteiger partial charge in [0.05, 0.1) is 0 Å². The first-order chi connectivity index (χ1) is 9.58. The number of hydrogen-bond acceptors (Lipinski definition) is 4. The molecule has 2 rings (SSSR count). The average molecular weight is 349 g/mol. The van der Waals surface area contributed by atoms with Gasteiger partial charge < -0.3 is 23.8 Å². The fourth-order valence-corrected chi connectivity index (χ4v) is 1.40. The quantitative estimate of drug-likeness (QED) is 0.642. The van der Waals surface area contributed by atoms with Crippen LogP contribution in [0.4, 0.5) is 0 Å². The van der Waals surface area contributed by atoms with Crippen molar-refractivity contribution in [1.82, 2.24) is 0 Å². The third-order valence-electron chi connectivity index (χ3n) is 1.92. The number of rotatable bonds is 2. The van der Waals surface area contributed by atoms with Crippen molar-refractivity contribution in [3.8, 4) is 11.5 Å². The van der Waals surface area contributed by atoms with Crippen LogP contribution < -0.4 is 20.9 Å². The van der Waals surface area contributed by atoms with E-state index in [1.54, 1.807) is 24.3 Å². The van der Waals surface area contributed by atoms with E-state index >= 15 is 0 Å². The van der Waals surface area contributed by atoms with Gasteiger partial charge in [-0.2, -0.15) is 0 Å². The maximum absolute atomic E-state index is 5.13. The molecule has 0 atom stereocenters. The van der Waals surface area contributed by atoms with Gasteiger partial charge in [0, 0.05) is 0 Å². The van der Waals surface area contributed by atoms with Crippen molar-refractivity contribution in [3.05, 3.63) is 60.7 Å². The zero-order chi connectivity index (χ0) is 14.8. The smallest absolute Gasteiger partial charge is 1.00 e. The van der Waals surface area contributed by atoms with Crippen molar-refractivity contribution < 1.29 is 12.3 Å². The third-order valence-corrected chi connectivity index (χ3v) is 2.09. The maximum Gasteiger partial charge on any atom is 2.00 e. The van der Waals surface area contributed by atoms with Crippen LogP contribution >= 0.6 is 24.4 Å². The van der Waals surface area contributed by atoms with Crippen LogP contribution in [0, 0.1) is 0 Å². The molecule has 0 heterocycles. The molecule has 4 nitrogen and oxygen atoms in total. The van der Waals surface area contributed by atoms with Crippen molar-refractivity contribution in [2.24, 2.45) is 11.5 Å². The maximum atomic E-state index is 5.13. The van der Waals surface area contributed by atoms with Crippen molar-refractivity contribution in [2.75, 3.05) is 0 Å². The van der Waals surface area contributed by atoms with E-state index in [0.717, 1.165) is 0 Å². The van der Waals surface area contributed by atoms with Gasteiger partial charge in [-0.1, -0.05) is 36.4 Å². The molecule has 0 bridgehead atoms. The van der Waals surface area contributed by atoms with Gasteiger partial charge in [-0.3, -0.25) is 0 Å². The summed E-state index contributed by atoms with van der Waals surface area (Å²) < 4.78 is 9.85. The molecule has 0 fully saturated rings. The Kier molecular flexibility index (Phi) is 11.2. The Morgan fingerprint density at radius 1 is 0.714 bits per heavy atom. The molecule has 2 aromatic carbocycles. The first-order valence-corrected chi connectivity index (χ1v) is 6.44. The van der Waals surface area contributed by atoms with E-state index in [9.17, 15) is 0 Å². The minimum absolute atomic E-state index is 0. The molecule has 4 N–H and O–H groups in total. The summed E-state index contributed by atoms with van der Waals surface area (Å²) in [4.78, 5) is 0. The van der Waals surface area contributed by atoms with E-state index in [1.165, 1.54) is 0 Å². The number of hydrogen-bond donors (Lipinski definition) is 2. The Morgan fingerprint density at radius 2 is 1.00 bits per heavy atom. The molecule has 0 radical (unpaired) electrons. The summed E-state index contributed by atoms with van der Waals surface area (Å²) in [5.74, 6) is 1.35. The van der Waals surface area contributed by atoms with Crippen molar-refractivity contribution in [3.63, 3.8) is 0 Å². The van der Waals surface area contributed by atoms with Gasteiger partial charge in [-0.05, 0) is 48.7 Å². The average Bonchev–Trinajstić information content (AvgIpc) is 2.40. The summed E-state index contributed by atoms with van der Waals surface area (Å²) in [5.41, 5.74) is 10.3. The van der Waals surface area contributed by atoms with Gasteiger partial charge in [0.15, 0.2) is 0 Å². The number of ether oxygens (including phenoxy) is 2. The second kappa shape index (κ2) is 11.7. The molecule has 0 amide bonds. The Morgan fingerprint density at radius 3 is 1.24 bits per heavy atom. The van der Waals surface area contributed by atoms with E-state index in [1.807, 2.05) is 36.4 Å². The zero-order valence-electron chi connectivity index (χ0n) is 13.3. The summed E-state index contributed by atoms with van der Waals surface area (Å²) in [6.45, 7) is 0. The van der Waals surface area contributed by atoms with Gasteiger partial charge in [-0.15, -0.1) is 0 Å². The Bertz CT molecular complexity index is 512. The van der Waals surface area contributed by atoms with Crippen molar-refractivity contribution >= 4 is 72.5 Å². The first-order valence-electron chi connectivity index (χ1n) is 5.62. The van der Waals surface area contributed by atoms with Crippen LogP contribution in [0.25, 0.3) is 0 Å². The van der Waals surface area contributed by atoms with Crippen LogP contribution in [-0.4, -0.2) is 48.1 Å². The monoisotopic (exact) mass is 348 g/mol. The molecule has 0 unspecified atom stereocenters. The van der Waals surface area contributed by atoms with Crippen LogP contribution in [0.3, 0.4) is 0 Å². The van der Waals surface area contributed by atoms with Crippen LogP contribution in [0.15, 0.2) is 60.7 Å². The molecular weight excluding hydrogens is 332 g/mol. The van der Waals surface area contributed by atoms with Crippen LogP contribution in [0.1, 0.15) is 2.85 Å². The van der Waals surface area contributed by atoms with E-state index < -0.39 is 0 Å². The second-order valence-electron chi connectivity index (χ2n) is 3.47. The number of thiocarbonyl (C=S) groups is 2. The van der Waals surface area contributed by atoms with Gasteiger partial charge >= 0.3 is 37.7 Å². The molecule has 0 saturated carbocycles. The fraction of sp³-hybridized carbons (Fsp3) is 0. The third kappa shape index (κ3) is 10.4. The standard InChI is InChI=1S/2C7H7NOS.Ca.2H/c2*8-7(10)9-6-4-2-1-3-5-6;;;/h2*1-5H,(H2,8,10);;;/q;;+2;2*-1. The van der Waals surface area contributed by atoms with Crippen LogP contribution in [0.2, 0.25) is 0 Å². The van der Waals surface area contributed by atoms with Crippen molar-refractivity contribution in [1.29, 1.82) is 0 Å². The molecule has 7 heteroatoms. The van der Waals surface area contributed by atoms with E-state index in [0.29, 0.717) is 11.5 Å². The molecule has 21 heavy (non-hydrogen) atoms. The van der Waals surface area contributed by atoms with E-state index in [4.69, 9.17) is 20.9 Å². The largest absolute Gasteiger partial charge is 2.00 e. The summed E-state index contributed by atoms with van der Waals surface area (Å²) >= 11 is 9.07. The van der Waals surface area contributed by atoms with E-state index in [-0.39, 0.29) is 50.9 Å². The normalized spacial score (nSPS) is 8.38. The summed E-state index contributed by atoms with van der Waals surface area (Å²) in [6, 6.07) is 18.4. The predicted molar refractivity (Wildman–Crippen MR) is 95.7 cm³/mol. The summed E-state index contributed by atoms with van der Waals surface area (Å²) in [6.07, 6.45) is 0. The van der Waals surface area contributed by atoms with E-state index in [2.05, 4.69) is 24.4 Å². The molecule has 108 valence electrons. The number of para-hydroxylation sites is 2. The van der Waals surface area contributed by atoms with Gasteiger partial charge in [0.1, 0.15) is 11.5 Å². The first kappa shape index (κ1) is 20.1. The van der Waals surface area contributed by atoms with Crippen LogP contribution in [-0.2, 0) is 0 Å². The molecular formula is C14H16CaN2O2S2. The minimum Gasteiger partial charge on any atom is -1.00 e. The molecule has 2 aromatic rings. The van der Waals surface area contributed by atoms with Gasteiger partial charge in [0.25, 0.3) is 10.3 Å². The SMILES string of the molecule is NC(=S)Oc1ccccc1.NC(=S)Oc1ccccc1.[Ca+2].[H-].[H-]. The van der Waals surface area contributed by atoms with Gasteiger partial charge in [-0.25, -0.2) is 0 Å². The number of benzene rings is 2. The summed E-state index contributed by atoms with van der Waals surface area (Å²) in [5, 5.41) is 0.0948. The topological polar surface area (TPSA) is 70.5 Å². The molecule has 0 aliphatic heterocycles. The molecule has 0 spiro atoms. The summed E-state index contributed by atoms with van der Waals surface area (Å²) in [7, 11) is 0. The fourth-order valence-electron chi connectivity index (χ4n) is 1.21. The van der Waals surface area contributed by atoms with Crippen LogP contribution in [0.5, 0.6) is 11.5 Å². The van der Waals surface area contributed by atoms with Gasteiger partial charge in [0.2, 0.25) is 0 Å². The minimum atomic E-state index is 0. The van der Waals surface area contributed by atoms with Crippen molar-refractivity contribution in [2.45, 2.75) is 0 Å². The molecule has 0 saturated heterocycles. The predicted octanol–water partition coefficient (Wildman–Crippen LogP) is 2.46. The molecule has 0 aliphatic rings. The molecule has 0 aromatic heterocycles. The second-order valence-corrected chi connectivity index (χ2v) is 4.27. The Hall–Kier alpha value is -0.920. The Balaban J connectivity index is -0.000000308. The Labute approximate surface area is 167 Å². The number of nitrogens with two attached hydrogens (primary N) is 2. The zero-order valence-corrected chi connectivity index (χ0v) is 15.1.